The number of aromatic nitrogens is 2. The lowest BCUT2D eigenvalue weighted by Gasteiger charge is -2.26. The van der Waals surface area contributed by atoms with Crippen molar-refractivity contribution in [3.8, 4) is 0 Å². The monoisotopic (exact) mass is 319 g/mol. The van der Waals surface area contributed by atoms with Crippen LogP contribution in [0, 0.1) is 0 Å². The van der Waals surface area contributed by atoms with Gasteiger partial charge in [0.2, 0.25) is 0 Å². The summed E-state index contributed by atoms with van der Waals surface area (Å²) < 4.78 is 0. The molecule has 1 saturated heterocycles. The second-order valence-corrected chi connectivity index (χ2v) is 6.57. The van der Waals surface area contributed by atoms with Gasteiger partial charge < -0.3 is 15.9 Å². The van der Waals surface area contributed by atoms with Crippen molar-refractivity contribution >= 4 is 0 Å². The molecule has 3 rings (SSSR count). The zero-order chi connectivity index (χ0) is 15.9. The van der Waals surface area contributed by atoms with E-state index in [9.17, 15) is 0 Å². The Hall–Kier alpha value is -1.37. The van der Waals surface area contributed by atoms with Crippen LogP contribution >= 0.6 is 0 Å². The summed E-state index contributed by atoms with van der Waals surface area (Å²) in [6, 6.07) is 0.549. The maximum atomic E-state index is 5.82. The summed E-state index contributed by atoms with van der Waals surface area (Å²) >= 11 is 0. The molecule has 3 N–H and O–H groups in total. The van der Waals surface area contributed by atoms with E-state index >= 15 is 0 Å². The van der Waals surface area contributed by atoms with Crippen LogP contribution in [0.4, 0.5) is 0 Å². The van der Waals surface area contributed by atoms with E-state index in [-0.39, 0.29) is 6.04 Å². The van der Waals surface area contributed by atoms with Gasteiger partial charge in [0.1, 0.15) is 6.61 Å². The number of unbranched alkanes of at least 4 members (excludes halogenated alkanes) is 1. The molecule has 128 valence electrons. The zero-order valence-electron chi connectivity index (χ0n) is 13.9. The predicted octanol–water partition coefficient (Wildman–Crippen LogP) is 0.933. The van der Waals surface area contributed by atoms with E-state index in [1.807, 2.05) is 18.5 Å². The van der Waals surface area contributed by atoms with Gasteiger partial charge in [-0.05, 0) is 45.3 Å². The highest BCUT2D eigenvalue weighted by molar-refractivity contribution is 5.17. The molecule has 2 heterocycles. The molecule has 0 spiro atoms. The van der Waals surface area contributed by atoms with Gasteiger partial charge in [0.25, 0.3) is 0 Å². The molecule has 0 aromatic carbocycles. The highest BCUT2D eigenvalue weighted by atomic mass is 16.7. The number of rotatable bonds is 9. The number of nitrogens with zero attached hydrogens (tertiary/aromatic N) is 3. The number of piperidine rings is 1. The van der Waals surface area contributed by atoms with Crippen molar-refractivity contribution in [2.75, 3.05) is 26.2 Å². The van der Waals surface area contributed by atoms with Gasteiger partial charge in [-0.2, -0.15) is 0 Å². The van der Waals surface area contributed by atoms with E-state index in [0.717, 1.165) is 25.9 Å². The second-order valence-electron chi connectivity index (χ2n) is 6.57. The Morgan fingerprint density at radius 1 is 1.22 bits per heavy atom. The van der Waals surface area contributed by atoms with E-state index in [1.165, 1.54) is 37.9 Å². The largest absolute Gasteiger partial charge is 0.397 e. The van der Waals surface area contributed by atoms with Crippen LogP contribution < -0.4 is 15.9 Å². The topological polar surface area (TPSA) is 68.3 Å². The number of hydrogen-bond donors (Lipinski definition) is 2. The smallest absolute Gasteiger partial charge is 0.117 e. The normalized spacial score (nSPS) is 24.6. The number of likely N-dealkylation sites (tertiary alicyclic amines) is 1. The van der Waals surface area contributed by atoms with E-state index in [2.05, 4.69) is 21.4 Å². The maximum absolute atomic E-state index is 5.82. The van der Waals surface area contributed by atoms with Crippen LogP contribution in [0.3, 0.4) is 0 Å². The third-order valence-electron chi connectivity index (χ3n) is 4.60. The highest BCUT2D eigenvalue weighted by Crippen LogP contribution is 2.12. The standard InChI is InChI=1S/C17H29N5O/c18-16-6-7-17(16)19-8-2-5-11-23-22-14-15(12-20-22)13-21-9-3-1-4-10-21/h6-7,12,14,16-17,19H,1-5,8-11,13,18H2. The van der Waals surface area contributed by atoms with Gasteiger partial charge in [0.05, 0.1) is 12.4 Å². The minimum atomic E-state index is 0.189. The van der Waals surface area contributed by atoms with Gasteiger partial charge in [-0.25, -0.2) is 0 Å². The molecule has 1 aliphatic heterocycles. The summed E-state index contributed by atoms with van der Waals surface area (Å²) in [5, 5.41) is 7.71. The highest BCUT2D eigenvalue weighted by Gasteiger charge is 2.18. The Bertz CT molecular complexity index is 495. The molecule has 1 fully saturated rings. The number of nitrogens with one attached hydrogen (secondary N) is 1. The lowest BCUT2D eigenvalue weighted by molar-refractivity contribution is 0.0792. The molecule has 0 radical (unpaired) electrons. The van der Waals surface area contributed by atoms with Crippen molar-refractivity contribution in [1.29, 1.82) is 0 Å². The molecule has 1 aliphatic carbocycles. The van der Waals surface area contributed by atoms with E-state index in [0.29, 0.717) is 12.6 Å². The molecule has 6 heteroatoms. The first-order valence-corrected chi connectivity index (χ1v) is 8.88. The molecule has 6 nitrogen and oxygen atoms in total. The molecule has 2 unspecified atom stereocenters. The van der Waals surface area contributed by atoms with Gasteiger partial charge >= 0.3 is 0 Å². The molecule has 0 saturated carbocycles. The van der Waals surface area contributed by atoms with E-state index < -0.39 is 0 Å². The molecule has 0 amide bonds. The van der Waals surface area contributed by atoms with Crippen LogP contribution in [0.1, 0.15) is 37.7 Å². The summed E-state index contributed by atoms with van der Waals surface area (Å²) in [5.74, 6) is 0. The SMILES string of the molecule is NC1C=CC1NCCCCOn1cc(CN2CCCCC2)cn1. The molecule has 2 aliphatic rings. The Morgan fingerprint density at radius 2 is 2.09 bits per heavy atom. The summed E-state index contributed by atoms with van der Waals surface area (Å²) in [4.78, 5) is 9.77. The summed E-state index contributed by atoms with van der Waals surface area (Å²) in [5.41, 5.74) is 7.06. The Kier molecular flexibility index (Phi) is 6.07. The minimum absolute atomic E-state index is 0.189. The predicted molar refractivity (Wildman–Crippen MR) is 90.9 cm³/mol. The first kappa shape index (κ1) is 16.5. The third kappa shape index (κ3) is 5.06. The lowest BCUT2D eigenvalue weighted by Crippen LogP contribution is -2.48. The Balaban J connectivity index is 1.26. The third-order valence-corrected chi connectivity index (χ3v) is 4.60. The number of hydrogen-bond acceptors (Lipinski definition) is 5. The van der Waals surface area contributed by atoms with Crippen LogP contribution in [0.2, 0.25) is 0 Å². The van der Waals surface area contributed by atoms with Gasteiger partial charge in [0, 0.05) is 24.2 Å². The van der Waals surface area contributed by atoms with Crippen LogP contribution in [-0.4, -0.2) is 53.2 Å². The van der Waals surface area contributed by atoms with Crippen molar-refractivity contribution in [3.05, 3.63) is 30.1 Å². The average molecular weight is 319 g/mol. The van der Waals surface area contributed by atoms with Crippen LogP contribution in [0.25, 0.3) is 0 Å². The van der Waals surface area contributed by atoms with E-state index in [4.69, 9.17) is 10.6 Å². The second kappa shape index (κ2) is 8.47. The summed E-state index contributed by atoms with van der Waals surface area (Å²) in [6.07, 6.45) is 14.2. The molecule has 1 aromatic rings. The van der Waals surface area contributed by atoms with Crippen molar-refractivity contribution in [2.24, 2.45) is 5.73 Å². The average Bonchev–Trinajstić information content (AvgIpc) is 3.01. The zero-order valence-corrected chi connectivity index (χ0v) is 13.9. The van der Waals surface area contributed by atoms with E-state index in [1.54, 1.807) is 4.85 Å². The molecular formula is C17H29N5O. The minimum Gasteiger partial charge on any atom is -0.397 e. The number of nitrogens with two attached hydrogens (primary N) is 1. The summed E-state index contributed by atoms with van der Waals surface area (Å²) in [7, 11) is 0. The molecule has 1 aromatic heterocycles. The Labute approximate surface area is 138 Å². The van der Waals surface area contributed by atoms with Crippen molar-refractivity contribution in [3.63, 3.8) is 0 Å². The first-order chi connectivity index (χ1) is 11.3. The fourth-order valence-corrected chi connectivity index (χ4v) is 3.08. The van der Waals surface area contributed by atoms with Crippen molar-refractivity contribution in [2.45, 2.75) is 50.7 Å². The van der Waals surface area contributed by atoms with Crippen LogP contribution in [-0.2, 0) is 6.54 Å². The first-order valence-electron chi connectivity index (χ1n) is 8.88. The van der Waals surface area contributed by atoms with Gasteiger partial charge in [0.15, 0.2) is 0 Å². The fourth-order valence-electron chi connectivity index (χ4n) is 3.08. The van der Waals surface area contributed by atoms with Gasteiger partial charge in [-0.15, -0.1) is 9.94 Å². The van der Waals surface area contributed by atoms with Crippen LogP contribution in [0.5, 0.6) is 0 Å². The lowest BCUT2D eigenvalue weighted by atomic mass is 9.98. The maximum Gasteiger partial charge on any atom is 0.117 e. The molecule has 23 heavy (non-hydrogen) atoms. The molecular weight excluding hydrogens is 290 g/mol. The Morgan fingerprint density at radius 3 is 2.83 bits per heavy atom. The van der Waals surface area contributed by atoms with Crippen molar-refractivity contribution in [1.82, 2.24) is 20.2 Å². The van der Waals surface area contributed by atoms with Gasteiger partial charge in [-0.3, -0.25) is 4.90 Å². The van der Waals surface area contributed by atoms with Crippen molar-refractivity contribution < 1.29 is 4.84 Å². The van der Waals surface area contributed by atoms with Gasteiger partial charge in [-0.1, -0.05) is 18.6 Å². The fraction of sp³-hybridized carbons (Fsp3) is 0.706. The van der Waals surface area contributed by atoms with Crippen LogP contribution in [0.15, 0.2) is 24.5 Å². The summed E-state index contributed by atoms with van der Waals surface area (Å²) in [6.45, 7) is 5.07. The molecule has 2 atom stereocenters. The quantitative estimate of drug-likeness (QED) is 0.523. The molecule has 0 bridgehead atoms.